The van der Waals surface area contributed by atoms with Crippen molar-refractivity contribution in [1.82, 2.24) is 4.98 Å². The number of hydrogen-bond acceptors (Lipinski definition) is 3. The van der Waals surface area contributed by atoms with Gasteiger partial charge in [-0.2, -0.15) is 0 Å². The van der Waals surface area contributed by atoms with E-state index in [0.717, 1.165) is 10.9 Å². The van der Waals surface area contributed by atoms with Gasteiger partial charge < -0.3 is 10.8 Å². The number of nitrogens with two attached hydrogens (primary N) is 1. The zero-order valence-corrected chi connectivity index (χ0v) is 7.92. The van der Waals surface area contributed by atoms with Crippen LogP contribution in [0.25, 0.3) is 10.9 Å². The summed E-state index contributed by atoms with van der Waals surface area (Å²) in [5, 5.41) is 9.73. The number of fused-ring (bicyclic) bond motifs is 1. The van der Waals surface area contributed by atoms with Crippen molar-refractivity contribution in [1.29, 1.82) is 0 Å². The Morgan fingerprint density at radius 3 is 2.93 bits per heavy atom. The maximum atomic E-state index is 10.7. The van der Waals surface area contributed by atoms with E-state index in [1.54, 1.807) is 18.3 Å². The molecule has 3 N–H and O–H groups in total. The fraction of sp³-hybridized carbons (Fsp3) is 0.0909. The van der Waals surface area contributed by atoms with Crippen molar-refractivity contribution in [2.75, 3.05) is 0 Å². The van der Waals surface area contributed by atoms with Crippen molar-refractivity contribution >= 4 is 16.9 Å². The molecule has 4 heteroatoms. The first-order valence-electron chi connectivity index (χ1n) is 4.51. The highest BCUT2D eigenvalue weighted by Gasteiger charge is 2.14. The Morgan fingerprint density at radius 2 is 2.20 bits per heavy atom. The number of pyridine rings is 1. The van der Waals surface area contributed by atoms with E-state index in [1.807, 2.05) is 18.2 Å². The zero-order valence-electron chi connectivity index (χ0n) is 7.92. The number of carbonyl (C=O) groups is 1. The molecule has 1 atom stereocenters. The number of rotatable bonds is 2. The van der Waals surface area contributed by atoms with Gasteiger partial charge in [-0.05, 0) is 17.7 Å². The van der Waals surface area contributed by atoms with Gasteiger partial charge in [0.15, 0.2) is 0 Å². The second-order valence-electron chi connectivity index (χ2n) is 3.27. The number of benzene rings is 1. The van der Waals surface area contributed by atoms with Gasteiger partial charge in [0.2, 0.25) is 0 Å². The molecule has 2 rings (SSSR count). The van der Waals surface area contributed by atoms with Crippen molar-refractivity contribution < 1.29 is 9.90 Å². The first-order chi connectivity index (χ1) is 7.18. The SMILES string of the molecule is NC(C(=O)O)c1ccc2cccnc2c1. The summed E-state index contributed by atoms with van der Waals surface area (Å²) in [4.78, 5) is 14.8. The van der Waals surface area contributed by atoms with E-state index in [2.05, 4.69) is 4.98 Å². The Labute approximate surface area is 86.4 Å². The molecule has 1 unspecified atom stereocenters. The molecule has 0 aliphatic carbocycles. The molecule has 0 amide bonds. The van der Waals surface area contributed by atoms with Crippen LogP contribution in [-0.4, -0.2) is 16.1 Å². The first-order valence-corrected chi connectivity index (χ1v) is 4.51. The molecule has 0 bridgehead atoms. The average Bonchev–Trinajstić information content (AvgIpc) is 2.27. The predicted octanol–water partition coefficient (Wildman–Crippen LogP) is 1.32. The summed E-state index contributed by atoms with van der Waals surface area (Å²) >= 11 is 0. The van der Waals surface area contributed by atoms with Crippen LogP contribution >= 0.6 is 0 Å². The van der Waals surface area contributed by atoms with Gasteiger partial charge in [0, 0.05) is 11.6 Å². The molecule has 1 aromatic carbocycles. The van der Waals surface area contributed by atoms with E-state index >= 15 is 0 Å². The van der Waals surface area contributed by atoms with Crippen LogP contribution in [0.1, 0.15) is 11.6 Å². The highest BCUT2D eigenvalue weighted by atomic mass is 16.4. The van der Waals surface area contributed by atoms with Crippen LogP contribution in [0.15, 0.2) is 36.5 Å². The summed E-state index contributed by atoms with van der Waals surface area (Å²) in [5.74, 6) is -1.04. The number of aliphatic carboxylic acids is 1. The van der Waals surface area contributed by atoms with Crippen LogP contribution in [0.4, 0.5) is 0 Å². The summed E-state index contributed by atoms with van der Waals surface area (Å²) in [6, 6.07) is 7.99. The number of aromatic nitrogens is 1. The maximum absolute atomic E-state index is 10.7. The van der Waals surface area contributed by atoms with E-state index in [-0.39, 0.29) is 0 Å². The van der Waals surface area contributed by atoms with Crippen molar-refractivity contribution in [3.8, 4) is 0 Å². The summed E-state index contributed by atoms with van der Waals surface area (Å²) in [6.07, 6.45) is 1.67. The monoisotopic (exact) mass is 202 g/mol. The van der Waals surface area contributed by atoms with Crippen molar-refractivity contribution in [2.24, 2.45) is 5.73 Å². The molecule has 0 radical (unpaired) electrons. The third-order valence-electron chi connectivity index (χ3n) is 2.26. The van der Waals surface area contributed by atoms with Gasteiger partial charge >= 0.3 is 5.97 Å². The smallest absolute Gasteiger partial charge is 0.325 e. The predicted molar refractivity (Wildman–Crippen MR) is 56.3 cm³/mol. The molecule has 2 aromatic rings. The first kappa shape index (κ1) is 9.61. The molecular formula is C11H10N2O2. The summed E-state index contributed by atoms with van der Waals surface area (Å²) in [6.45, 7) is 0. The van der Waals surface area contributed by atoms with Crippen LogP contribution in [0, 0.1) is 0 Å². The lowest BCUT2D eigenvalue weighted by atomic mass is 10.1. The minimum Gasteiger partial charge on any atom is -0.480 e. The van der Waals surface area contributed by atoms with Crippen LogP contribution in [0.5, 0.6) is 0 Å². The molecule has 0 saturated carbocycles. The highest BCUT2D eigenvalue weighted by Crippen LogP contribution is 2.17. The molecule has 1 heterocycles. The Hall–Kier alpha value is -1.94. The second kappa shape index (κ2) is 3.67. The molecule has 0 spiro atoms. The largest absolute Gasteiger partial charge is 0.480 e. The summed E-state index contributed by atoms with van der Waals surface area (Å²) < 4.78 is 0. The lowest BCUT2D eigenvalue weighted by molar-refractivity contribution is -0.138. The second-order valence-corrected chi connectivity index (χ2v) is 3.27. The van der Waals surface area contributed by atoms with E-state index in [9.17, 15) is 4.79 Å². The van der Waals surface area contributed by atoms with Gasteiger partial charge in [0.1, 0.15) is 6.04 Å². The van der Waals surface area contributed by atoms with Gasteiger partial charge in [-0.3, -0.25) is 9.78 Å². The van der Waals surface area contributed by atoms with E-state index in [0.29, 0.717) is 5.56 Å². The topological polar surface area (TPSA) is 76.2 Å². The molecule has 0 aliphatic rings. The Morgan fingerprint density at radius 1 is 1.40 bits per heavy atom. The number of carboxylic acid groups (broad SMARTS) is 1. The van der Waals surface area contributed by atoms with Gasteiger partial charge in [-0.1, -0.05) is 18.2 Å². The molecule has 4 nitrogen and oxygen atoms in total. The highest BCUT2D eigenvalue weighted by molar-refractivity contribution is 5.82. The normalized spacial score (nSPS) is 12.6. The van der Waals surface area contributed by atoms with Crippen LogP contribution in [0.3, 0.4) is 0 Å². The van der Waals surface area contributed by atoms with Gasteiger partial charge in [0.05, 0.1) is 5.52 Å². The van der Waals surface area contributed by atoms with Crippen LogP contribution < -0.4 is 5.73 Å². The Balaban J connectivity index is 2.51. The van der Waals surface area contributed by atoms with Crippen molar-refractivity contribution in [3.05, 3.63) is 42.1 Å². The van der Waals surface area contributed by atoms with Crippen molar-refractivity contribution in [2.45, 2.75) is 6.04 Å². The molecule has 1 aromatic heterocycles. The number of nitrogens with zero attached hydrogens (tertiary/aromatic N) is 1. The average molecular weight is 202 g/mol. The molecule has 0 fully saturated rings. The van der Waals surface area contributed by atoms with Crippen LogP contribution in [0.2, 0.25) is 0 Å². The molecular weight excluding hydrogens is 192 g/mol. The molecule has 0 saturated heterocycles. The molecule has 0 aliphatic heterocycles. The molecule has 76 valence electrons. The lowest BCUT2D eigenvalue weighted by Gasteiger charge is -2.07. The minimum absolute atomic E-state index is 0.564. The van der Waals surface area contributed by atoms with Gasteiger partial charge in [-0.25, -0.2) is 0 Å². The lowest BCUT2D eigenvalue weighted by Crippen LogP contribution is -2.20. The standard InChI is InChI=1S/C11H10N2O2/c12-10(11(14)15)8-4-3-7-2-1-5-13-9(7)6-8/h1-6,10H,12H2,(H,14,15). The Bertz CT molecular complexity index is 511. The number of hydrogen-bond donors (Lipinski definition) is 2. The maximum Gasteiger partial charge on any atom is 0.325 e. The van der Waals surface area contributed by atoms with E-state index in [4.69, 9.17) is 10.8 Å². The molecule has 15 heavy (non-hydrogen) atoms. The van der Waals surface area contributed by atoms with E-state index < -0.39 is 12.0 Å². The third kappa shape index (κ3) is 1.80. The Kier molecular flexibility index (Phi) is 2.35. The summed E-state index contributed by atoms with van der Waals surface area (Å²) in [5.41, 5.74) is 6.82. The van der Waals surface area contributed by atoms with Crippen molar-refractivity contribution in [3.63, 3.8) is 0 Å². The fourth-order valence-electron chi connectivity index (χ4n) is 1.42. The quantitative estimate of drug-likeness (QED) is 0.770. The summed E-state index contributed by atoms with van der Waals surface area (Å²) in [7, 11) is 0. The fourth-order valence-corrected chi connectivity index (χ4v) is 1.42. The third-order valence-corrected chi connectivity index (χ3v) is 2.26. The van der Waals surface area contributed by atoms with Gasteiger partial charge in [-0.15, -0.1) is 0 Å². The number of carboxylic acids is 1. The van der Waals surface area contributed by atoms with E-state index in [1.165, 1.54) is 0 Å². The minimum atomic E-state index is -1.04. The zero-order chi connectivity index (χ0) is 10.8. The van der Waals surface area contributed by atoms with Crippen LogP contribution in [-0.2, 0) is 4.79 Å². The van der Waals surface area contributed by atoms with Gasteiger partial charge in [0.25, 0.3) is 0 Å².